The molecule has 6 nitrogen and oxygen atoms in total. The average molecular weight is 363 g/mol. The number of carbonyl (C=O) groups excluding carboxylic acids is 1. The molecule has 27 heavy (non-hydrogen) atoms. The number of aryl methyl sites for hydroxylation is 2. The summed E-state index contributed by atoms with van der Waals surface area (Å²) in [5.74, 6) is 1.33. The van der Waals surface area contributed by atoms with Crippen LogP contribution in [0.4, 0.5) is 0 Å². The van der Waals surface area contributed by atoms with Crippen molar-refractivity contribution in [1.29, 1.82) is 0 Å². The number of nitrogens with zero attached hydrogens (tertiary/aromatic N) is 3. The molecule has 3 heterocycles. The zero-order chi connectivity index (χ0) is 18.4. The smallest absolute Gasteiger partial charge is 0.274 e. The zero-order valence-corrected chi connectivity index (χ0v) is 15.7. The molecule has 0 unspecified atom stereocenters. The van der Waals surface area contributed by atoms with E-state index in [4.69, 9.17) is 4.98 Å². The molecule has 2 N–H and O–H groups in total. The number of imidazole rings is 1. The van der Waals surface area contributed by atoms with Crippen LogP contribution in [0, 0.1) is 6.92 Å². The predicted molar refractivity (Wildman–Crippen MR) is 104 cm³/mol. The Balaban J connectivity index is 1.39. The average Bonchev–Trinajstić information content (AvgIpc) is 3.33. The number of benzene rings is 1. The number of piperidine rings is 1. The van der Waals surface area contributed by atoms with Gasteiger partial charge in [-0.1, -0.05) is 12.1 Å². The number of fused-ring (bicyclic) bond motifs is 2. The zero-order valence-electron chi connectivity index (χ0n) is 15.7. The fourth-order valence-corrected chi connectivity index (χ4v) is 4.58. The van der Waals surface area contributed by atoms with Crippen LogP contribution in [-0.4, -0.2) is 44.1 Å². The molecule has 1 fully saturated rings. The molecule has 140 valence electrons. The molecular weight excluding hydrogens is 338 g/mol. The van der Waals surface area contributed by atoms with Crippen LogP contribution in [0.15, 0.2) is 18.2 Å². The van der Waals surface area contributed by atoms with Gasteiger partial charge in [0.2, 0.25) is 0 Å². The SMILES string of the molecule is Cc1cccc2[nH]c([C@@H]3CCCN(C(=O)c4n[nH]c5c4CCCC5)C3)nc12. The minimum Gasteiger partial charge on any atom is -0.342 e. The van der Waals surface area contributed by atoms with Gasteiger partial charge in [-0.25, -0.2) is 4.98 Å². The van der Waals surface area contributed by atoms with E-state index in [2.05, 4.69) is 40.3 Å². The van der Waals surface area contributed by atoms with Gasteiger partial charge in [0, 0.05) is 30.3 Å². The highest BCUT2D eigenvalue weighted by atomic mass is 16.2. The monoisotopic (exact) mass is 363 g/mol. The van der Waals surface area contributed by atoms with Crippen molar-refractivity contribution < 1.29 is 4.79 Å². The summed E-state index contributed by atoms with van der Waals surface area (Å²) in [5.41, 5.74) is 6.25. The van der Waals surface area contributed by atoms with Crippen molar-refractivity contribution in [2.45, 2.75) is 51.4 Å². The van der Waals surface area contributed by atoms with Gasteiger partial charge in [-0.05, 0) is 57.1 Å². The lowest BCUT2D eigenvalue weighted by atomic mass is 9.94. The van der Waals surface area contributed by atoms with Crippen molar-refractivity contribution in [3.8, 4) is 0 Å². The Morgan fingerprint density at radius 2 is 2.11 bits per heavy atom. The molecule has 6 heteroatoms. The lowest BCUT2D eigenvalue weighted by Crippen LogP contribution is -2.40. The molecule has 1 saturated heterocycles. The van der Waals surface area contributed by atoms with Crippen LogP contribution >= 0.6 is 0 Å². The number of hydrogen-bond acceptors (Lipinski definition) is 3. The normalized spacial score (nSPS) is 20.0. The van der Waals surface area contributed by atoms with E-state index >= 15 is 0 Å². The molecule has 0 saturated carbocycles. The van der Waals surface area contributed by atoms with Crippen molar-refractivity contribution >= 4 is 16.9 Å². The highest BCUT2D eigenvalue weighted by Crippen LogP contribution is 2.29. The first-order valence-corrected chi connectivity index (χ1v) is 10.0. The third kappa shape index (κ3) is 2.83. The highest BCUT2D eigenvalue weighted by Gasteiger charge is 2.31. The Kier molecular flexibility index (Phi) is 3.99. The Morgan fingerprint density at radius 3 is 3.00 bits per heavy atom. The van der Waals surface area contributed by atoms with Crippen molar-refractivity contribution in [3.05, 3.63) is 46.5 Å². The van der Waals surface area contributed by atoms with E-state index in [0.29, 0.717) is 12.2 Å². The number of carbonyl (C=O) groups is 1. The summed E-state index contributed by atoms with van der Waals surface area (Å²) in [7, 11) is 0. The molecule has 0 bridgehead atoms. The maximum absolute atomic E-state index is 13.1. The molecule has 2 aliphatic rings. The van der Waals surface area contributed by atoms with Gasteiger partial charge >= 0.3 is 0 Å². The van der Waals surface area contributed by atoms with E-state index in [1.54, 1.807) is 0 Å². The molecule has 3 aromatic rings. The van der Waals surface area contributed by atoms with E-state index in [9.17, 15) is 4.79 Å². The number of amides is 1. The van der Waals surface area contributed by atoms with Gasteiger partial charge < -0.3 is 9.88 Å². The summed E-state index contributed by atoms with van der Waals surface area (Å²) in [6.07, 6.45) is 6.36. The molecule has 1 atom stereocenters. The molecule has 1 amide bonds. The summed E-state index contributed by atoms with van der Waals surface area (Å²) in [6, 6.07) is 6.21. The molecule has 1 aromatic carbocycles. The van der Waals surface area contributed by atoms with E-state index in [1.807, 2.05) is 4.90 Å². The molecule has 0 radical (unpaired) electrons. The standard InChI is InChI=1S/C21H25N5O/c1-13-6-4-10-17-18(13)23-20(22-17)14-7-5-11-26(12-14)21(27)19-15-8-2-3-9-16(15)24-25-19/h4,6,10,14H,2-3,5,7-9,11-12H2,1H3,(H,22,23)(H,24,25)/t14-/m1/s1. The van der Waals surface area contributed by atoms with Gasteiger partial charge in [0.15, 0.2) is 5.69 Å². The number of likely N-dealkylation sites (tertiary alicyclic amines) is 1. The number of para-hydroxylation sites is 1. The van der Waals surface area contributed by atoms with Gasteiger partial charge in [-0.15, -0.1) is 0 Å². The third-order valence-corrected chi connectivity index (χ3v) is 6.09. The fourth-order valence-electron chi connectivity index (χ4n) is 4.58. The third-order valence-electron chi connectivity index (χ3n) is 6.09. The van der Waals surface area contributed by atoms with Gasteiger partial charge in [0.05, 0.1) is 11.0 Å². The first kappa shape index (κ1) is 16.5. The van der Waals surface area contributed by atoms with Crippen LogP contribution in [-0.2, 0) is 12.8 Å². The van der Waals surface area contributed by atoms with Crippen molar-refractivity contribution in [2.24, 2.45) is 0 Å². The number of rotatable bonds is 2. The van der Waals surface area contributed by atoms with Gasteiger partial charge in [-0.2, -0.15) is 5.10 Å². The van der Waals surface area contributed by atoms with E-state index in [1.165, 1.54) is 12.0 Å². The molecule has 1 aliphatic carbocycles. The number of nitrogens with one attached hydrogen (secondary N) is 2. The summed E-state index contributed by atoms with van der Waals surface area (Å²) in [6.45, 7) is 3.60. The van der Waals surface area contributed by atoms with Gasteiger partial charge in [0.25, 0.3) is 5.91 Å². The second kappa shape index (κ2) is 6.51. The van der Waals surface area contributed by atoms with Crippen LogP contribution in [0.3, 0.4) is 0 Å². The molecular formula is C21H25N5O. The fraction of sp³-hybridized carbons (Fsp3) is 0.476. The summed E-state index contributed by atoms with van der Waals surface area (Å²) >= 11 is 0. The van der Waals surface area contributed by atoms with Crippen LogP contribution < -0.4 is 0 Å². The van der Waals surface area contributed by atoms with Crippen molar-refractivity contribution in [3.63, 3.8) is 0 Å². The Bertz CT molecular complexity index is 1000. The topological polar surface area (TPSA) is 77.7 Å². The Morgan fingerprint density at radius 1 is 1.22 bits per heavy atom. The second-order valence-corrected chi connectivity index (χ2v) is 7.92. The van der Waals surface area contributed by atoms with Crippen molar-refractivity contribution in [1.82, 2.24) is 25.1 Å². The van der Waals surface area contributed by atoms with Gasteiger partial charge in [-0.3, -0.25) is 9.89 Å². The molecule has 1 aliphatic heterocycles. The van der Waals surface area contributed by atoms with Gasteiger partial charge in [0.1, 0.15) is 5.82 Å². The van der Waals surface area contributed by atoms with Crippen molar-refractivity contribution in [2.75, 3.05) is 13.1 Å². The second-order valence-electron chi connectivity index (χ2n) is 7.92. The number of H-pyrrole nitrogens is 2. The molecule has 2 aromatic heterocycles. The Labute approximate surface area is 158 Å². The molecule has 0 spiro atoms. The Hall–Kier alpha value is -2.63. The quantitative estimate of drug-likeness (QED) is 0.731. The van der Waals surface area contributed by atoms with Crippen LogP contribution in [0.2, 0.25) is 0 Å². The predicted octanol–water partition coefficient (Wildman–Crippen LogP) is 3.49. The van der Waals surface area contributed by atoms with E-state index < -0.39 is 0 Å². The first-order chi connectivity index (χ1) is 13.2. The van der Waals surface area contributed by atoms with Crippen LogP contribution in [0.5, 0.6) is 0 Å². The summed E-state index contributed by atoms with van der Waals surface area (Å²) < 4.78 is 0. The summed E-state index contributed by atoms with van der Waals surface area (Å²) in [5, 5.41) is 7.47. The first-order valence-electron chi connectivity index (χ1n) is 10.0. The highest BCUT2D eigenvalue weighted by molar-refractivity contribution is 5.94. The number of aromatic nitrogens is 4. The maximum atomic E-state index is 13.1. The van der Waals surface area contributed by atoms with Crippen LogP contribution in [0.25, 0.3) is 11.0 Å². The maximum Gasteiger partial charge on any atom is 0.274 e. The lowest BCUT2D eigenvalue weighted by Gasteiger charge is -2.31. The van der Waals surface area contributed by atoms with E-state index in [-0.39, 0.29) is 11.8 Å². The largest absolute Gasteiger partial charge is 0.342 e. The van der Waals surface area contributed by atoms with Crippen LogP contribution in [0.1, 0.15) is 64.7 Å². The minimum absolute atomic E-state index is 0.0754. The van der Waals surface area contributed by atoms with E-state index in [0.717, 1.165) is 66.8 Å². The number of hydrogen-bond donors (Lipinski definition) is 2. The molecule has 5 rings (SSSR count). The summed E-state index contributed by atoms with van der Waals surface area (Å²) in [4.78, 5) is 23.4. The minimum atomic E-state index is 0.0754. The number of aromatic amines is 2. The lowest BCUT2D eigenvalue weighted by molar-refractivity contribution is 0.0697.